The van der Waals surface area contributed by atoms with Crippen LogP contribution in [0.2, 0.25) is 0 Å². The Kier molecular flexibility index (Phi) is 2.81. The molecule has 10 heteroatoms. The maximum absolute atomic E-state index is 10.9. The fraction of sp³-hybridized carbons (Fsp3) is 1.00. The maximum Gasteiger partial charge on any atom is 0.356 e. The van der Waals surface area contributed by atoms with Gasteiger partial charge in [0.2, 0.25) is 0 Å². The zero-order chi connectivity index (χ0) is 12.1. The summed E-state index contributed by atoms with van der Waals surface area (Å²) in [5, 5.41) is 47.0. The van der Waals surface area contributed by atoms with Gasteiger partial charge < -0.3 is 30.3 Å². The van der Waals surface area contributed by atoms with Crippen LogP contribution in [0.1, 0.15) is 0 Å². The van der Waals surface area contributed by atoms with Gasteiger partial charge in [0.15, 0.2) is 0 Å². The second kappa shape index (κ2) is 3.66. The summed E-state index contributed by atoms with van der Waals surface area (Å²) < 4.78 is 24.0. The lowest BCUT2D eigenvalue weighted by atomic mass is 9.94. The highest BCUT2D eigenvalue weighted by Gasteiger charge is 2.72. The third-order valence-corrected chi connectivity index (χ3v) is 3.18. The van der Waals surface area contributed by atoms with E-state index in [1.165, 1.54) is 0 Å². The Balaban J connectivity index is 2.37. The van der Waals surface area contributed by atoms with Crippen molar-refractivity contribution in [2.45, 2.75) is 30.1 Å². The first kappa shape index (κ1) is 12.3. The van der Waals surface area contributed by atoms with Crippen molar-refractivity contribution in [3.8, 4) is 0 Å². The molecule has 2 saturated heterocycles. The topological polar surface area (TPSA) is 146 Å². The number of hydrogen-bond donors (Lipinski definition) is 5. The van der Waals surface area contributed by atoms with Crippen LogP contribution in [0.4, 0.5) is 0 Å². The van der Waals surface area contributed by atoms with E-state index in [2.05, 4.69) is 13.1 Å². The lowest BCUT2D eigenvalue weighted by Crippen LogP contribution is -2.71. The third kappa shape index (κ3) is 1.44. The van der Waals surface area contributed by atoms with Crippen molar-refractivity contribution in [2.75, 3.05) is 6.61 Å². The molecule has 9 nitrogen and oxygen atoms in total. The molecule has 0 spiro atoms. The summed E-state index contributed by atoms with van der Waals surface area (Å²) in [6.07, 6.45) is -5.22. The molecule has 2 aliphatic rings. The summed E-state index contributed by atoms with van der Waals surface area (Å²) in [7, 11) is 0. The Morgan fingerprint density at radius 3 is 2.44 bits per heavy atom. The van der Waals surface area contributed by atoms with E-state index in [9.17, 15) is 24.6 Å². The maximum atomic E-state index is 10.9. The van der Waals surface area contributed by atoms with Gasteiger partial charge in [-0.2, -0.15) is 4.21 Å². The van der Waals surface area contributed by atoms with Crippen molar-refractivity contribution in [1.82, 2.24) is 0 Å². The zero-order valence-corrected chi connectivity index (χ0v) is 8.53. The van der Waals surface area contributed by atoms with Crippen LogP contribution in [0.5, 0.6) is 0 Å². The van der Waals surface area contributed by atoms with Gasteiger partial charge in [0.25, 0.3) is 5.79 Å². The smallest absolute Gasteiger partial charge is 0.356 e. The predicted octanol–water partition coefficient (Wildman–Crippen LogP) is -3.94. The zero-order valence-electron chi connectivity index (χ0n) is 7.72. The van der Waals surface area contributed by atoms with Gasteiger partial charge in [-0.25, -0.2) is 8.37 Å². The largest absolute Gasteiger partial charge is 0.394 e. The summed E-state index contributed by atoms with van der Waals surface area (Å²) in [6.45, 7) is -0.757. The van der Waals surface area contributed by atoms with Gasteiger partial charge in [0.1, 0.15) is 18.3 Å². The minimum absolute atomic E-state index is 0.757. The molecule has 5 N–H and O–H groups in total. The van der Waals surface area contributed by atoms with E-state index < -0.39 is 48.0 Å². The molecule has 6 atom stereocenters. The number of fused-ring (bicyclic) bond motifs is 1. The monoisotopic (exact) mass is 258 g/mol. The quantitative estimate of drug-likeness (QED) is 0.318. The fourth-order valence-electron chi connectivity index (χ4n) is 1.52. The highest BCUT2D eigenvalue weighted by atomic mass is 32.2. The summed E-state index contributed by atoms with van der Waals surface area (Å²) in [5.41, 5.74) is 0. The van der Waals surface area contributed by atoms with Crippen LogP contribution < -0.4 is 0 Å². The van der Waals surface area contributed by atoms with Crippen molar-refractivity contribution >= 4 is 11.4 Å². The molecule has 2 rings (SSSR count). The molecule has 0 aromatic heterocycles. The van der Waals surface area contributed by atoms with E-state index in [0.29, 0.717) is 0 Å². The molecular formula is C6H10O9S. The Labute approximate surface area is 91.7 Å². The number of rotatable bonds is 1. The number of aliphatic hydroxyl groups excluding tert-OH is 3. The standard InChI is InChI=1S/C6H10O9S/c7-1-2-3(8)4(9)5(10)6(11,13-2)15-16(12)14-5/h2-4,7-11H,1H2/t2-,3+,4+,5-,6+,16?/m1/s1. The Hall–Kier alpha value is -0.170. The lowest BCUT2D eigenvalue weighted by Gasteiger charge is -2.44. The number of ether oxygens (including phenoxy) is 1. The van der Waals surface area contributed by atoms with Crippen molar-refractivity contribution in [3.05, 3.63) is 0 Å². The molecule has 1 unspecified atom stereocenters. The van der Waals surface area contributed by atoms with Gasteiger partial charge in [-0.3, -0.25) is 0 Å². The fourth-order valence-corrected chi connectivity index (χ4v) is 2.31. The van der Waals surface area contributed by atoms with Crippen LogP contribution in [0, 0.1) is 0 Å². The minimum Gasteiger partial charge on any atom is -0.394 e. The Morgan fingerprint density at radius 2 is 1.88 bits per heavy atom. The van der Waals surface area contributed by atoms with Crippen LogP contribution in [-0.2, 0) is 24.5 Å². The van der Waals surface area contributed by atoms with E-state index in [4.69, 9.17) is 5.11 Å². The van der Waals surface area contributed by atoms with Crippen molar-refractivity contribution in [3.63, 3.8) is 0 Å². The van der Waals surface area contributed by atoms with Gasteiger partial charge in [-0.05, 0) is 0 Å². The second-order valence-corrected chi connectivity index (χ2v) is 4.16. The third-order valence-electron chi connectivity index (χ3n) is 2.43. The normalized spacial score (nSPS) is 57.3. The first-order valence-electron chi connectivity index (χ1n) is 4.24. The van der Waals surface area contributed by atoms with Crippen molar-refractivity contribution < 1.29 is 42.8 Å². The minimum atomic E-state index is -2.91. The highest BCUT2D eigenvalue weighted by molar-refractivity contribution is 7.75. The van der Waals surface area contributed by atoms with Gasteiger partial charge in [-0.15, -0.1) is 0 Å². The van der Waals surface area contributed by atoms with E-state index >= 15 is 0 Å². The lowest BCUT2D eigenvalue weighted by molar-refractivity contribution is -0.475. The predicted molar refractivity (Wildman–Crippen MR) is 44.2 cm³/mol. The molecule has 0 aromatic carbocycles. The average Bonchev–Trinajstić information content (AvgIpc) is 2.44. The summed E-state index contributed by atoms with van der Waals surface area (Å²) in [6, 6.07) is 0. The van der Waals surface area contributed by atoms with Gasteiger partial charge in [-0.1, -0.05) is 0 Å². The van der Waals surface area contributed by atoms with Crippen LogP contribution in [0.3, 0.4) is 0 Å². The van der Waals surface area contributed by atoms with E-state index in [-0.39, 0.29) is 0 Å². The Morgan fingerprint density at radius 1 is 1.25 bits per heavy atom. The Bertz CT molecular complexity index is 323. The number of aliphatic hydroxyl groups is 5. The molecule has 0 aliphatic carbocycles. The molecule has 0 amide bonds. The summed E-state index contributed by atoms with van der Waals surface area (Å²) in [4.78, 5) is 0. The molecule has 0 saturated carbocycles. The number of hydrogen-bond acceptors (Lipinski definition) is 9. The molecule has 0 radical (unpaired) electrons. The van der Waals surface area contributed by atoms with Crippen LogP contribution in [0.25, 0.3) is 0 Å². The molecular weight excluding hydrogens is 248 g/mol. The van der Waals surface area contributed by atoms with Crippen LogP contribution in [-0.4, -0.2) is 66.4 Å². The van der Waals surface area contributed by atoms with Crippen LogP contribution in [0.15, 0.2) is 0 Å². The van der Waals surface area contributed by atoms with Gasteiger partial charge >= 0.3 is 17.3 Å². The molecule has 0 aromatic rings. The molecule has 2 heterocycles. The van der Waals surface area contributed by atoms with Gasteiger partial charge in [0, 0.05) is 0 Å². The molecule has 2 aliphatic heterocycles. The van der Waals surface area contributed by atoms with Gasteiger partial charge in [0.05, 0.1) is 6.61 Å². The summed E-state index contributed by atoms with van der Waals surface area (Å²) in [5.74, 6) is -5.80. The van der Waals surface area contributed by atoms with E-state index in [0.717, 1.165) is 0 Å². The average molecular weight is 258 g/mol. The SMILES string of the molecule is O=S1O[C@@]2(O)O[C@H](CO)[C@H](O)[C@H](O)[C@@]2(O)O1. The summed E-state index contributed by atoms with van der Waals surface area (Å²) >= 11 is -2.55. The van der Waals surface area contributed by atoms with Crippen molar-refractivity contribution in [1.29, 1.82) is 0 Å². The van der Waals surface area contributed by atoms with E-state index in [1.54, 1.807) is 0 Å². The van der Waals surface area contributed by atoms with E-state index in [1.807, 2.05) is 0 Å². The first-order chi connectivity index (χ1) is 7.34. The molecule has 94 valence electrons. The van der Waals surface area contributed by atoms with Crippen molar-refractivity contribution in [2.24, 2.45) is 0 Å². The highest BCUT2D eigenvalue weighted by Crippen LogP contribution is 2.44. The molecule has 16 heavy (non-hydrogen) atoms. The first-order valence-corrected chi connectivity index (χ1v) is 5.24. The molecule has 0 bridgehead atoms. The second-order valence-electron chi connectivity index (χ2n) is 3.42. The molecule has 2 fully saturated rings. The van der Waals surface area contributed by atoms with Crippen LogP contribution >= 0.6 is 0 Å².